The number of hydrogen-bond acceptors (Lipinski definition) is 4. The smallest absolute Gasteiger partial charge is 0.283 e. The van der Waals surface area contributed by atoms with Crippen LogP contribution in [-0.4, -0.2) is 11.8 Å². The van der Waals surface area contributed by atoms with Gasteiger partial charge in [0.2, 0.25) is 0 Å². The molecule has 1 aliphatic heterocycles. The van der Waals surface area contributed by atoms with E-state index in [0.717, 1.165) is 21.7 Å². The SMILES string of the molecule is Cc1ccc(N2C(=O)C(Nc3ccccc3C)=C(Sc3ccccc3)C2=O)cc1Cl. The zero-order chi connectivity index (χ0) is 21.3. The first kappa shape index (κ1) is 20.3. The summed E-state index contributed by atoms with van der Waals surface area (Å²) in [6, 6.07) is 22.4. The molecule has 150 valence electrons. The van der Waals surface area contributed by atoms with Crippen molar-refractivity contribution in [3.05, 3.63) is 99.5 Å². The highest BCUT2D eigenvalue weighted by molar-refractivity contribution is 8.04. The van der Waals surface area contributed by atoms with Crippen molar-refractivity contribution in [2.75, 3.05) is 10.2 Å². The van der Waals surface area contributed by atoms with E-state index in [4.69, 9.17) is 11.6 Å². The molecule has 0 fully saturated rings. The summed E-state index contributed by atoms with van der Waals surface area (Å²) in [5.74, 6) is -0.772. The highest BCUT2D eigenvalue weighted by Crippen LogP contribution is 2.38. The second-order valence-electron chi connectivity index (χ2n) is 6.94. The molecule has 1 N–H and O–H groups in total. The molecule has 3 aromatic rings. The lowest BCUT2D eigenvalue weighted by Gasteiger charge is -2.16. The Morgan fingerprint density at radius 3 is 2.23 bits per heavy atom. The minimum Gasteiger partial charge on any atom is -0.350 e. The average Bonchev–Trinajstić information content (AvgIpc) is 2.96. The molecule has 0 aliphatic carbocycles. The van der Waals surface area contributed by atoms with E-state index in [-0.39, 0.29) is 11.6 Å². The van der Waals surface area contributed by atoms with Crippen LogP contribution in [0.15, 0.2) is 88.3 Å². The summed E-state index contributed by atoms with van der Waals surface area (Å²) in [4.78, 5) is 29.1. The van der Waals surface area contributed by atoms with E-state index in [9.17, 15) is 9.59 Å². The molecule has 0 spiro atoms. The number of carbonyl (C=O) groups is 2. The van der Waals surface area contributed by atoms with E-state index in [2.05, 4.69) is 5.32 Å². The first-order valence-corrected chi connectivity index (χ1v) is 10.6. The van der Waals surface area contributed by atoms with Gasteiger partial charge in [0.25, 0.3) is 11.8 Å². The van der Waals surface area contributed by atoms with E-state index in [1.54, 1.807) is 18.2 Å². The van der Waals surface area contributed by atoms with Gasteiger partial charge in [-0.15, -0.1) is 0 Å². The molecule has 6 heteroatoms. The minimum absolute atomic E-state index is 0.264. The summed E-state index contributed by atoms with van der Waals surface area (Å²) in [6.45, 7) is 3.82. The molecule has 0 saturated heterocycles. The Morgan fingerprint density at radius 2 is 1.53 bits per heavy atom. The van der Waals surface area contributed by atoms with Gasteiger partial charge in [-0.25, -0.2) is 4.90 Å². The molecule has 4 rings (SSSR count). The predicted molar refractivity (Wildman–Crippen MR) is 123 cm³/mol. The summed E-state index contributed by atoms with van der Waals surface area (Å²) in [5.41, 5.74) is 3.35. The Hall–Kier alpha value is -3.02. The van der Waals surface area contributed by atoms with E-state index in [1.807, 2.05) is 68.4 Å². The number of imide groups is 1. The highest BCUT2D eigenvalue weighted by Gasteiger charge is 2.40. The molecule has 1 heterocycles. The van der Waals surface area contributed by atoms with Crippen molar-refractivity contribution in [1.82, 2.24) is 0 Å². The topological polar surface area (TPSA) is 49.4 Å². The minimum atomic E-state index is -0.401. The lowest BCUT2D eigenvalue weighted by Crippen LogP contribution is -2.32. The van der Waals surface area contributed by atoms with E-state index < -0.39 is 5.91 Å². The van der Waals surface area contributed by atoms with Gasteiger partial charge in [0.15, 0.2) is 0 Å². The van der Waals surface area contributed by atoms with Gasteiger partial charge in [-0.1, -0.05) is 65.8 Å². The molecule has 0 atom stereocenters. The van der Waals surface area contributed by atoms with Gasteiger partial charge in [0.1, 0.15) is 10.6 Å². The average molecular weight is 435 g/mol. The zero-order valence-corrected chi connectivity index (χ0v) is 18.1. The maximum Gasteiger partial charge on any atom is 0.283 e. The van der Waals surface area contributed by atoms with Gasteiger partial charge < -0.3 is 5.32 Å². The number of carbonyl (C=O) groups excluding carboxylic acids is 2. The third-order valence-electron chi connectivity index (χ3n) is 4.82. The second-order valence-corrected chi connectivity index (χ2v) is 8.43. The van der Waals surface area contributed by atoms with E-state index in [1.165, 1.54) is 16.7 Å². The van der Waals surface area contributed by atoms with E-state index >= 15 is 0 Å². The standard InChI is InChI=1S/C24H19ClN2O2S/c1-15-12-13-17(14-19(15)25)27-23(28)21(26-20-11-7-6-8-16(20)2)22(24(27)29)30-18-9-4-3-5-10-18/h3-14,26H,1-2H3. The Kier molecular flexibility index (Phi) is 5.66. The molecule has 0 aromatic heterocycles. The summed E-state index contributed by atoms with van der Waals surface area (Å²) in [5, 5.41) is 3.70. The maximum atomic E-state index is 13.4. The Balaban J connectivity index is 1.77. The molecule has 3 aromatic carbocycles. The van der Waals surface area contributed by atoms with Gasteiger partial charge in [0.05, 0.1) is 5.69 Å². The zero-order valence-electron chi connectivity index (χ0n) is 16.5. The molecular formula is C24H19ClN2O2S. The van der Waals surface area contributed by atoms with Crippen molar-refractivity contribution in [1.29, 1.82) is 0 Å². The van der Waals surface area contributed by atoms with Gasteiger partial charge in [-0.3, -0.25) is 9.59 Å². The largest absolute Gasteiger partial charge is 0.350 e. The van der Waals surface area contributed by atoms with Crippen LogP contribution in [0.1, 0.15) is 11.1 Å². The second kappa shape index (κ2) is 8.38. The number of nitrogens with zero attached hydrogens (tertiary/aromatic N) is 1. The van der Waals surface area contributed by atoms with Crippen LogP contribution in [0.3, 0.4) is 0 Å². The van der Waals surface area contributed by atoms with Gasteiger partial charge in [-0.05, 0) is 55.3 Å². The van der Waals surface area contributed by atoms with E-state index in [0.29, 0.717) is 15.6 Å². The molecular weight excluding hydrogens is 416 g/mol. The number of para-hydroxylation sites is 1. The van der Waals surface area contributed by atoms with Crippen LogP contribution in [0, 0.1) is 13.8 Å². The lowest BCUT2D eigenvalue weighted by molar-refractivity contribution is -0.120. The van der Waals surface area contributed by atoms with Crippen LogP contribution in [0.2, 0.25) is 5.02 Å². The summed E-state index contributed by atoms with van der Waals surface area (Å²) < 4.78 is 0. The molecule has 0 unspecified atom stereocenters. The number of hydrogen-bond donors (Lipinski definition) is 1. The Bertz CT molecular complexity index is 1170. The number of rotatable bonds is 5. The third-order valence-corrected chi connectivity index (χ3v) is 6.32. The fourth-order valence-electron chi connectivity index (χ4n) is 3.12. The normalized spacial score (nSPS) is 13.9. The first-order valence-electron chi connectivity index (χ1n) is 9.40. The van der Waals surface area contributed by atoms with Crippen LogP contribution < -0.4 is 10.2 Å². The van der Waals surface area contributed by atoms with Gasteiger partial charge >= 0.3 is 0 Å². The van der Waals surface area contributed by atoms with Crippen LogP contribution in [0.5, 0.6) is 0 Å². The third kappa shape index (κ3) is 3.86. The molecule has 30 heavy (non-hydrogen) atoms. The summed E-state index contributed by atoms with van der Waals surface area (Å²) in [6.07, 6.45) is 0. The summed E-state index contributed by atoms with van der Waals surface area (Å²) in [7, 11) is 0. The van der Waals surface area contributed by atoms with Crippen molar-refractivity contribution in [2.45, 2.75) is 18.7 Å². The number of benzene rings is 3. The quantitative estimate of drug-likeness (QED) is 0.504. The lowest BCUT2D eigenvalue weighted by atomic mass is 10.2. The Morgan fingerprint density at radius 1 is 0.833 bits per heavy atom. The highest BCUT2D eigenvalue weighted by atomic mass is 35.5. The number of nitrogens with one attached hydrogen (secondary N) is 1. The molecule has 0 radical (unpaired) electrons. The van der Waals surface area contributed by atoms with Gasteiger partial charge in [-0.2, -0.15) is 0 Å². The predicted octanol–water partition coefficient (Wildman–Crippen LogP) is 5.95. The van der Waals surface area contributed by atoms with Crippen LogP contribution in [-0.2, 0) is 9.59 Å². The molecule has 0 bridgehead atoms. The molecule has 1 aliphatic rings. The molecule has 0 saturated carbocycles. The van der Waals surface area contributed by atoms with Crippen LogP contribution >= 0.6 is 23.4 Å². The first-order chi connectivity index (χ1) is 14.5. The van der Waals surface area contributed by atoms with Gasteiger partial charge in [0, 0.05) is 15.6 Å². The van der Waals surface area contributed by atoms with Crippen LogP contribution in [0.25, 0.3) is 0 Å². The molecule has 2 amide bonds. The number of halogens is 1. The number of aryl methyl sites for hydroxylation is 2. The monoisotopic (exact) mass is 434 g/mol. The van der Waals surface area contributed by atoms with Crippen LogP contribution in [0.4, 0.5) is 11.4 Å². The fraction of sp³-hybridized carbons (Fsp3) is 0.0833. The number of anilines is 2. The number of thioether (sulfide) groups is 1. The maximum absolute atomic E-state index is 13.4. The Labute approximate surface area is 184 Å². The van der Waals surface area contributed by atoms with Crippen molar-refractivity contribution >= 4 is 46.6 Å². The molecule has 4 nitrogen and oxygen atoms in total. The number of amides is 2. The fourth-order valence-corrected chi connectivity index (χ4v) is 4.25. The van der Waals surface area contributed by atoms with Crippen molar-refractivity contribution in [2.24, 2.45) is 0 Å². The summed E-state index contributed by atoms with van der Waals surface area (Å²) >= 11 is 7.53. The van der Waals surface area contributed by atoms with Crippen molar-refractivity contribution in [3.63, 3.8) is 0 Å². The van der Waals surface area contributed by atoms with Crippen molar-refractivity contribution in [3.8, 4) is 0 Å². The van der Waals surface area contributed by atoms with Crippen molar-refractivity contribution < 1.29 is 9.59 Å².